The van der Waals surface area contributed by atoms with Crippen LogP contribution in [0.25, 0.3) is 11.3 Å². The molecule has 0 spiro atoms. The Morgan fingerprint density at radius 3 is 2.40 bits per heavy atom. The highest BCUT2D eigenvalue weighted by Gasteiger charge is 2.42. The zero-order chi connectivity index (χ0) is 20.5. The Bertz CT molecular complexity index is 1160. The fourth-order valence-electron chi connectivity index (χ4n) is 3.79. The number of anilines is 1. The summed E-state index contributed by atoms with van der Waals surface area (Å²) in [4.78, 5) is 6.69. The summed E-state index contributed by atoms with van der Waals surface area (Å²) in [6.07, 6.45) is 1.80. The first-order chi connectivity index (χ1) is 14.7. The Morgan fingerprint density at radius 2 is 1.67 bits per heavy atom. The van der Waals surface area contributed by atoms with Crippen LogP contribution in [0, 0.1) is 0 Å². The molecule has 0 saturated carbocycles. The van der Waals surface area contributed by atoms with Gasteiger partial charge in [0.25, 0.3) is 0 Å². The predicted molar refractivity (Wildman–Crippen MR) is 126 cm³/mol. The molecule has 1 aliphatic rings. The summed E-state index contributed by atoms with van der Waals surface area (Å²) >= 11 is 9.25. The van der Waals surface area contributed by atoms with Gasteiger partial charge in [-0.2, -0.15) is 0 Å². The predicted octanol–water partition coefficient (Wildman–Crippen LogP) is 6.28. The number of pyridine rings is 1. The maximum Gasteiger partial charge on any atom is 0.174 e. The summed E-state index contributed by atoms with van der Waals surface area (Å²) < 4.78 is 7.37. The Balaban J connectivity index is 1.60. The number of halogens is 1. The van der Waals surface area contributed by atoms with Crippen molar-refractivity contribution < 1.29 is 4.42 Å². The number of nitrogens with zero attached hydrogens (tertiary/aromatic N) is 2. The van der Waals surface area contributed by atoms with Gasteiger partial charge in [-0.15, -0.1) is 0 Å². The number of aromatic nitrogens is 1. The van der Waals surface area contributed by atoms with Crippen LogP contribution in [0.4, 0.5) is 5.69 Å². The first-order valence-corrected chi connectivity index (χ1v) is 10.8. The van der Waals surface area contributed by atoms with Crippen LogP contribution in [0.2, 0.25) is 0 Å². The molecule has 0 bridgehead atoms. The number of furan rings is 1. The van der Waals surface area contributed by atoms with Gasteiger partial charge in [0.15, 0.2) is 5.11 Å². The molecule has 0 amide bonds. The molecule has 1 saturated heterocycles. The number of thiocarbonyl (C=S) groups is 1. The minimum atomic E-state index is -0.161. The van der Waals surface area contributed by atoms with Crippen molar-refractivity contribution in [1.82, 2.24) is 10.3 Å². The average Bonchev–Trinajstić information content (AvgIpc) is 3.40. The second kappa shape index (κ2) is 8.05. The van der Waals surface area contributed by atoms with Crippen molar-refractivity contribution in [3.8, 4) is 11.3 Å². The van der Waals surface area contributed by atoms with Crippen molar-refractivity contribution in [3.05, 3.63) is 107 Å². The fraction of sp³-hybridized carbons (Fsp3) is 0.0833. The van der Waals surface area contributed by atoms with Gasteiger partial charge < -0.3 is 14.6 Å². The van der Waals surface area contributed by atoms with Gasteiger partial charge in [-0.05, 0) is 60.7 Å². The molecule has 4 nitrogen and oxygen atoms in total. The third-order valence-corrected chi connectivity index (χ3v) is 6.02. The lowest BCUT2D eigenvalue weighted by Crippen LogP contribution is -2.29. The van der Waals surface area contributed by atoms with E-state index in [1.165, 1.54) is 0 Å². The Hall–Kier alpha value is -2.96. The van der Waals surface area contributed by atoms with Gasteiger partial charge >= 0.3 is 0 Å². The summed E-state index contributed by atoms with van der Waals surface area (Å²) in [5.74, 6) is 1.67. The van der Waals surface area contributed by atoms with Crippen LogP contribution in [-0.2, 0) is 0 Å². The minimum absolute atomic E-state index is 0.128. The first kappa shape index (κ1) is 19.0. The Morgan fingerprint density at radius 1 is 0.900 bits per heavy atom. The monoisotopic (exact) mass is 475 g/mol. The molecule has 1 aliphatic heterocycles. The van der Waals surface area contributed by atoms with Crippen molar-refractivity contribution in [3.63, 3.8) is 0 Å². The molecule has 0 aliphatic carbocycles. The van der Waals surface area contributed by atoms with E-state index in [1.54, 1.807) is 6.20 Å². The van der Waals surface area contributed by atoms with Gasteiger partial charge in [-0.25, -0.2) is 0 Å². The van der Waals surface area contributed by atoms with E-state index in [0.717, 1.165) is 32.9 Å². The Labute approximate surface area is 188 Å². The number of hydrogen-bond donors (Lipinski definition) is 1. The second-order valence-corrected chi connectivity index (χ2v) is 8.34. The van der Waals surface area contributed by atoms with Gasteiger partial charge in [0.05, 0.1) is 11.7 Å². The van der Waals surface area contributed by atoms with Gasteiger partial charge in [0.1, 0.15) is 17.6 Å². The molecule has 3 heterocycles. The second-order valence-electron chi connectivity index (χ2n) is 7.04. The van der Waals surface area contributed by atoms with Gasteiger partial charge in [0.2, 0.25) is 0 Å². The van der Waals surface area contributed by atoms with Crippen molar-refractivity contribution in [2.24, 2.45) is 0 Å². The quantitative estimate of drug-likeness (QED) is 0.351. The van der Waals surface area contributed by atoms with Crippen LogP contribution in [0.1, 0.15) is 23.5 Å². The zero-order valence-corrected chi connectivity index (χ0v) is 18.3. The number of rotatable bonds is 4. The first-order valence-electron chi connectivity index (χ1n) is 9.62. The standard InChI is InChI=1S/C24H18BrN3OS/c25-17-9-11-18(12-10-17)28-23(22(27-24(28)30)19-8-4-5-15-26-19)21-14-13-20(29-21)16-6-2-1-3-7-16/h1-15,22-23H,(H,27,30)/t22-,23-/m1/s1. The van der Waals surface area contributed by atoms with Crippen LogP contribution < -0.4 is 10.2 Å². The summed E-state index contributed by atoms with van der Waals surface area (Å²) in [6, 6.07) is 27.9. The van der Waals surface area contributed by atoms with Crippen molar-refractivity contribution in [1.29, 1.82) is 0 Å². The van der Waals surface area contributed by atoms with E-state index in [1.807, 2.05) is 84.9 Å². The van der Waals surface area contributed by atoms with E-state index in [2.05, 4.69) is 31.1 Å². The number of benzene rings is 2. The third kappa shape index (κ3) is 3.53. The SMILES string of the molecule is S=C1N[C@H](c2ccccn2)[C@@H](c2ccc(-c3ccccc3)o2)N1c1ccc(Br)cc1. The number of hydrogen-bond acceptors (Lipinski definition) is 3. The van der Waals surface area contributed by atoms with Crippen LogP contribution in [0.5, 0.6) is 0 Å². The molecule has 5 rings (SSSR count). The summed E-state index contributed by atoms with van der Waals surface area (Å²) in [5.41, 5.74) is 2.96. The van der Waals surface area contributed by atoms with Crippen LogP contribution in [0.3, 0.4) is 0 Å². The van der Waals surface area contributed by atoms with Crippen molar-refractivity contribution >= 4 is 38.9 Å². The highest BCUT2D eigenvalue weighted by molar-refractivity contribution is 9.10. The summed E-state index contributed by atoms with van der Waals surface area (Å²) in [6.45, 7) is 0. The number of nitrogens with one attached hydrogen (secondary N) is 1. The highest BCUT2D eigenvalue weighted by Crippen LogP contribution is 2.43. The molecule has 6 heteroatoms. The third-order valence-electron chi connectivity index (χ3n) is 5.18. The molecular formula is C24H18BrN3OS. The molecule has 30 heavy (non-hydrogen) atoms. The maximum absolute atomic E-state index is 6.35. The topological polar surface area (TPSA) is 41.3 Å². The van der Waals surface area contributed by atoms with Crippen LogP contribution in [-0.4, -0.2) is 10.1 Å². The average molecular weight is 476 g/mol. The smallest absolute Gasteiger partial charge is 0.174 e. The molecule has 1 N–H and O–H groups in total. The van der Waals surface area contributed by atoms with E-state index >= 15 is 0 Å². The van der Waals surface area contributed by atoms with E-state index < -0.39 is 0 Å². The van der Waals surface area contributed by atoms with Gasteiger partial charge in [-0.3, -0.25) is 4.98 Å². The zero-order valence-electron chi connectivity index (χ0n) is 15.9. The lowest BCUT2D eigenvalue weighted by Gasteiger charge is -2.26. The largest absolute Gasteiger partial charge is 0.459 e. The molecule has 2 aromatic carbocycles. The van der Waals surface area contributed by atoms with Gasteiger partial charge in [0, 0.05) is 21.9 Å². The fourth-order valence-corrected chi connectivity index (χ4v) is 4.40. The van der Waals surface area contributed by atoms with Gasteiger partial charge in [-0.1, -0.05) is 52.3 Å². The normalized spacial score (nSPS) is 18.4. The Kier molecular flexibility index (Phi) is 5.11. The molecule has 148 valence electrons. The van der Waals surface area contributed by atoms with Crippen LogP contribution >= 0.6 is 28.1 Å². The summed E-state index contributed by atoms with van der Waals surface area (Å²) in [7, 11) is 0. The molecule has 2 aromatic heterocycles. The minimum Gasteiger partial charge on any atom is -0.459 e. The van der Waals surface area contributed by atoms with E-state index in [9.17, 15) is 0 Å². The molecule has 4 aromatic rings. The molecule has 2 atom stereocenters. The van der Waals surface area contributed by atoms with Crippen LogP contribution in [0.15, 0.2) is 100 Å². The molecular weight excluding hydrogens is 458 g/mol. The maximum atomic E-state index is 6.35. The molecule has 0 radical (unpaired) electrons. The lowest BCUT2D eigenvalue weighted by molar-refractivity contribution is 0.439. The van der Waals surface area contributed by atoms with E-state index in [0.29, 0.717) is 5.11 Å². The summed E-state index contributed by atoms with van der Waals surface area (Å²) in [5, 5.41) is 4.10. The molecule has 1 fully saturated rings. The van der Waals surface area contributed by atoms with E-state index in [4.69, 9.17) is 16.6 Å². The lowest BCUT2D eigenvalue weighted by atomic mass is 10.0. The molecule has 0 unspecified atom stereocenters. The van der Waals surface area contributed by atoms with Crippen molar-refractivity contribution in [2.75, 3.05) is 4.90 Å². The van der Waals surface area contributed by atoms with Crippen molar-refractivity contribution in [2.45, 2.75) is 12.1 Å². The highest BCUT2D eigenvalue weighted by atomic mass is 79.9. The van der Waals surface area contributed by atoms with E-state index in [-0.39, 0.29) is 12.1 Å².